The Morgan fingerprint density at radius 2 is 2.10 bits per heavy atom. The molecule has 0 radical (unpaired) electrons. The van der Waals surface area contributed by atoms with E-state index < -0.39 is 17.2 Å². The number of halogens is 2. The first-order chi connectivity index (χ1) is 13.9. The fourth-order valence-corrected chi connectivity index (χ4v) is 4.64. The van der Waals surface area contributed by atoms with E-state index in [9.17, 15) is 18.4 Å². The van der Waals surface area contributed by atoms with Gasteiger partial charge in [0, 0.05) is 12.1 Å². The van der Waals surface area contributed by atoms with Gasteiger partial charge in [0.1, 0.15) is 16.3 Å². The lowest BCUT2D eigenvalue weighted by Gasteiger charge is -2.14. The van der Waals surface area contributed by atoms with Gasteiger partial charge in [-0.1, -0.05) is 11.8 Å². The molecule has 2 unspecified atom stereocenters. The van der Waals surface area contributed by atoms with Crippen molar-refractivity contribution in [1.29, 1.82) is 0 Å². The molecule has 1 amide bonds. The number of hydrogen-bond donors (Lipinski definition) is 3. The number of hydrogen-bond acceptors (Lipinski definition) is 7. The average Bonchev–Trinajstić information content (AvgIpc) is 3.28. The standard InChI is InChI=1S/C18H17F2N5O2S2/c1-9-4-14(24-23-9)22-15(26)8-29-18-21-13-2-3-28-16(13)17(27)25(18)12-6-10(19)5-11(20)7-12/h2-3,5-7,9,14,23-24H,4,8H2,1H3,(H,22,26). The molecule has 2 aromatic heterocycles. The number of benzene rings is 1. The van der Waals surface area contributed by atoms with Crippen molar-refractivity contribution < 1.29 is 13.6 Å². The number of hydrazine groups is 1. The lowest BCUT2D eigenvalue weighted by atomic mass is 10.2. The lowest BCUT2D eigenvalue weighted by Crippen LogP contribution is -2.45. The third-order valence-corrected chi connectivity index (χ3v) is 6.15. The minimum absolute atomic E-state index is 0.00750. The van der Waals surface area contributed by atoms with Crippen molar-refractivity contribution in [1.82, 2.24) is 25.7 Å². The van der Waals surface area contributed by atoms with E-state index in [1.807, 2.05) is 6.92 Å². The van der Waals surface area contributed by atoms with Gasteiger partial charge in [0.05, 0.1) is 23.1 Å². The topological polar surface area (TPSA) is 88.0 Å². The largest absolute Gasteiger partial charge is 0.339 e. The SMILES string of the molecule is CC1CC(NC(=O)CSc2nc3ccsc3c(=O)n2-c2cc(F)cc(F)c2)NN1. The van der Waals surface area contributed by atoms with Crippen LogP contribution in [0.4, 0.5) is 8.78 Å². The van der Waals surface area contributed by atoms with Gasteiger partial charge in [-0.25, -0.2) is 19.2 Å². The number of rotatable bonds is 5. The first kappa shape index (κ1) is 20.0. The Hall–Kier alpha value is -2.34. The summed E-state index contributed by atoms with van der Waals surface area (Å²) in [4.78, 5) is 29.7. The molecule has 152 valence electrons. The van der Waals surface area contributed by atoms with E-state index in [1.165, 1.54) is 11.3 Å². The van der Waals surface area contributed by atoms with Crippen LogP contribution in [-0.4, -0.2) is 33.4 Å². The molecule has 1 aliphatic heterocycles. The van der Waals surface area contributed by atoms with E-state index >= 15 is 0 Å². The smallest absolute Gasteiger partial charge is 0.276 e. The minimum Gasteiger partial charge on any atom is -0.339 e. The molecule has 3 N–H and O–H groups in total. The van der Waals surface area contributed by atoms with Gasteiger partial charge in [-0.15, -0.1) is 11.3 Å². The second-order valence-corrected chi connectivity index (χ2v) is 8.49. The summed E-state index contributed by atoms with van der Waals surface area (Å²) < 4.78 is 29.0. The van der Waals surface area contributed by atoms with Crippen LogP contribution in [-0.2, 0) is 4.79 Å². The van der Waals surface area contributed by atoms with E-state index in [1.54, 1.807) is 11.4 Å². The minimum atomic E-state index is -0.805. The summed E-state index contributed by atoms with van der Waals surface area (Å²) >= 11 is 2.23. The molecule has 4 rings (SSSR count). The van der Waals surface area contributed by atoms with Crippen molar-refractivity contribution >= 4 is 39.2 Å². The van der Waals surface area contributed by atoms with Crippen LogP contribution in [0.3, 0.4) is 0 Å². The quantitative estimate of drug-likeness (QED) is 0.419. The van der Waals surface area contributed by atoms with E-state index in [0.717, 1.165) is 40.9 Å². The molecule has 1 aromatic carbocycles. The number of thioether (sulfide) groups is 1. The number of fused-ring (bicyclic) bond motifs is 1. The molecule has 29 heavy (non-hydrogen) atoms. The van der Waals surface area contributed by atoms with Crippen molar-refractivity contribution in [3.8, 4) is 5.69 Å². The Labute approximate surface area is 172 Å². The molecule has 2 atom stereocenters. The van der Waals surface area contributed by atoms with Crippen molar-refractivity contribution in [2.45, 2.75) is 30.7 Å². The summed E-state index contributed by atoms with van der Waals surface area (Å²) in [6.45, 7) is 1.99. The van der Waals surface area contributed by atoms with Crippen LogP contribution in [0.5, 0.6) is 0 Å². The fourth-order valence-electron chi connectivity index (χ4n) is 3.06. The Morgan fingerprint density at radius 3 is 2.79 bits per heavy atom. The Balaban J connectivity index is 1.64. The first-order valence-electron chi connectivity index (χ1n) is 8.80. The van der Waals surface area contributed by atoms with Gasteiger partial charge < -0.3 is 5.32 Å². The van der Waals surface area contributed by atoms with Gasteiger partial charge in [0.15, 0.2) is 5.16 Å². The zero-order valence-corrected chi connectivity index (χ0v) is 16.9. The molecule has 3 aromatic rings. The van der Waals surface area contributed by atoms with E-state index in [-0.39, 0.29) is 34.7 Å². The highest BCUT2D eigenvalue weighted by Crippen LogP contribution is 2.24. The third kappa shape index (κ3) is 4.32. The third-order valence-electron chi connectivity index (χ3n) is 4.32. The van der Waals surface area contributed by atoms with E-state index in [4.69, 9.17) is 0 Å². The van der Waals surface area contributed by atoms with E-state index in [0.29, 0.717) is 10.2 Å². The molecule has 1 fully saturated rings. The molecular weight excluding hydrogens is 420 g/mol. The zero-order valence-electron chi connectivity index (χ0n) is 15.2. The summed E-state index contributed by atoms with van der Waals surface area (Å²) in [5.74, 6) is -1.87. The fraction of sp³-hybridized carbons (Fsp3) is 0.278. The number of nitrogens with zero attached hydrogens (tertiary/aromatic N) is 2. The summed E-state index contributed by atoms with van der Waals surface area (Å²) in [5.41, 5.74) is 6.05. The molecule has 0 saturated carbocycles. The van der Waals surface area contributed by atoms with Gasteiger partial charge in [-0.3, -0.25) is 19.6 Å². The molecule has 1 aliphatic rings. The molecule has 3 heterocycles. The van der Waals surface area contributed by atoms with Crippen LogP contribution in [0.1, 0.15) is 13.3 Å². The highest BCUT2D eigenvalue weighted by Gasteiger charge is 2.22. The second-order valence-electron chi connectivity index (χ2n) is 6.63. The maximum absolute atomic E-state index is 13.7. The van der Waals surface area contributed by atoms with Crippen molar-refractivity contribution in [2.24, 2.45) is 0 Å². The van der Waals surface area contributed by atoms with Gasteiger partial charge in [-0.2, -0.15) is 0 Å². The summed E-state index contributed by atoms with van der Waals surface area (Å²) in [7, 11) is 0. The van der Waals surface area contributed by atoms with Crippen LogP contribution in [0, 0.1) is 11.6 Å². The highest BCUT2D eigenvalue weighted by atomic mass is 32.2. The average molecular weight is 437 g/mol. The van der Waals surface area contributed by atoms with Crippen LogP contribution in [0.15, 0.2) is 39.6 Å². The van der Waals surface area contributed by atoms with Crippen LogP contribution in [0.25, 0.3) is 15.9 Å². The molecule has 11 heteroatoms. The molecule has 0 spiro atoms. The number of nitrogens with one attached hydrogen (secondary N) is 3. The normalized spacial score (nSPS) is 19.0. The maximum atomic E-state index is 13.7. The molecule has 1 saturated heterocycles. The predicted octanol–water partition coefficient (Wildman–Crippen LogP) is 2.15. The summed E-state index contributed by atoms with van der Waals surface area (Å²) in [5, 5.41) is 4.74. The number of carbonyl (C=O) groups is 1. The highest BCUT2D eigenvalue weighted by molar-refractivity contribution is 7.99. The van der Waals surface area contributed by atoms with Crippen molar-refractivity contribution in [3.63, 3.8) is 0 Å². The zero-order chi connectivity index (χ0) is 20.5. The summed E-state index contributed by atoms with van der Waals surface area (Å²) in [6, 6.07) is 4.78. The number of thiophene rings is 1. The summed E-state index contributed by atoms with van der Waals surface area (Å²) in [6.07, 6.45) is 0.549. The van der Waals surface area contributed by atoms with Crippen LogP contribution < -0.4 is 21.7 Å². The van der Waals surface area contributed by atoms with Gasteiger partial charge in [0.25, 0.3) is 5.56 Å². The lowest BCUT2D eigenvalue weighted by molar-refractivity contribution is -0.119. The molecule has 0 bridgehead atoms. The molecular formula is C18H17F2N5O2S2. The van der Waals surface area contributed by atoms with Gasteiger partial charge >= 0.3 is 0 Å². The van der Waals surface area contributed by atoms with Crippen LogP contribution >= 0.6 is 23.1 Å². The van der Waals surface area contributed by atoms with Gasteiger partial charge in [0.2, 0.25) is 5.91 Å². The number of carbonyl (C=O) groups excluding carboxylic acids is 1. The van der Waals surface area contributed by atoms with Gasteiger partial charge in [-0.05, 0) is 36.9 Å². The van der Waals surface area contributed by atoms with Crippen molar-refractivity contribution in [2.75, 3.05) is 5.75 Å². The second kappa shape index (κ2) is 8.19. The Bertz CT molecular complexity index is 1110. The molecule has 7 nitrogen and oxygen atoms in total. The number of aromatic nitrogens is 2. The predicted molar refractivity (Wildman–Crippen MR) is 108 cm³/mol. The maximum Gasteiger partial charge on any atom is 0.276 e. The monoisotopic (exact) mass is 437 g/mol. The van der Waals surface area contributed by atoms with Crippen molar-refractivity contribution in [3.05, 3.63) is 51.6 Å². The Morgan fingerprint density at radius 1 is 1.34 bits per heavy atom. The molecule has 0 aliphatic carbocycles. The Kier molecular flexibility index (Phi) is 5.63. The number of amides is 1. The van der Waals surface area contributed by atoms with E-state index in [2.05, 4.69) is 21.2 Å². The first-order valence-corrected chi connectivity index (χ1v) is 10.7. The van der Waals surface area contributed by atoms with Crippen LogP contribution in [0.2, 0.25) is 0 Å².